The van der Waals surface area contributed by atoms with Crippen molar-refractivity contribution in [3.05, 3.63) is 47.6 Å². The van der Waals surface area contributed by atoms with Gasteiger partial charge in [0.2, 0.25) is 11.8 Å². The van der Waals surface area contributed by atoms with Gasteiger partial charge in [-0.1, -0.05) is 62.7 Å². The van der Waals surface area contributed by atoms with Gasteiger partial charge >= 0.3 is 0 Å². The molecule has 5 heteroatoms. The van der Waals surface area contributed by atoms with Crippen LogP contribution in [0.3, 0.4) is 0 Å². The predicted octanol–water partition coefficient (Wildman–Crippen LogP) is 3.40. The third-order valence-corrected chi connectivity index (χ3v) is 4.69. The SMILES string of the molecule is CC(C)(C)c1nc(CNC(=O)C2(Cc3ccccc3)CCC2)no1. The molecule has 1 amide bonds. The van der Waals surface area contributed by atoms with Gasteiger partial charge in [0, 0.05) is 5.41 Å². The summed E-state index contributed by atoms with van der Waals surface area (Å²) in [5, 5.41) is 6.97. The highest BCUT2D eigenvalue weighted by atomic mass is 16.5. The molecule has 1 heterocycles. The number of hydrogen-bond donors (Lipinski definition) is 1. The highest BCUT2D eigenvalue weighted by Gasteiger charge is 2.43. The van der Waals surface area contributed by atoms with Gasteiger partial charge in [0.25, 0.3) is 0 Å². The highest BCUT2D eigenvalue weighted by molar-refractivity contribution is 5.83. The summed E-state index contributed by atoms with van der Waals surface area (Å²) in [6.07, 6.45) is 3.77. The van der Waals surface area contributed by atoms with E-state index in [1.807, 2.05) is 39.0 Å². The molecule has 0 aliphatic heterocycles. The fourth-order valence-corrected chi connectivity index (χ4v) is 3.05. The largest absolute Gasteiger partial charge is 0.348 e. The lowest BCUT2D eigenvalue weighted by Crippen LogP contribution is -2.47. The summed E-state index contributed by atoms with van der Waals surface area (Å²) in [5.41, 5.74) is 0.748. The van der Waals surface area contributed by atoms with Gasteiger partial charge in [-0.05, 0) is 24.8 Å². The van der Waals surface area contributed by atoms with Gasteiger partial charge in [0.1, 0.15) is 0 Å². The van der Waals surface area contributed by atoms with Gasteiger partial charge in [-0.2, -0.15) is 4.98 Å². The Kier molecular flexibility index (Phi) is 4.43. The number of carbonyl (C=O) groups is 1. The molecular weight excluding hydrogens is 302 g/mol. The van der Waals surface area contributed by atoms with Gasteiger partial charge < -0.3 is 9.84 Å². The smallest absolute Gasteiger partial charge is 0.232 e. The number of nitrogens with one attached hydrogen (secondary N) is 1. The van der Waals surface area contributed by atoms with E-state index in [0.29, 0.717) is 18.3 Å². The first-order chi connectivity index (χ1) is 11.4. The second-order valence-corrected chi connectivity index (χ2v) is 7.74. The number of rotatable bonds is 5. The summed E-state index contributed by atoms with van der Waals surface area (Å²) in [7, 11) is 0. The average molecular weight is 327 g/mol. The van der Waals surface area contributed by atoms with Gasteiger partial charge in [-0.25, -0.2) is 0 Å². The zero-order valence-corrected chi connectivity index (χ0v) is 14.6. The number of hydrogen-bond acceptors (Lipinski definition) is 4. The van der Waals surface area contributed by atoms with Crippen LogP contribution in [0.25, 0.3) is 0 Å². The molecule has 0 bridgehead atoms. The van der Waals surface area contributed by atoms with Crippen LogP contribution in [0.4, 0.5) is 0 Å². The molecule has 0 saturated heterocycles. The summed E-state index contributed by atoms with van der Waals surface area (Å²) in [6.45, 7) is 6.37. The number of nitrogens with zero attached hydrogens (tertiary/aromatic N) is 2. The molecule has 1 aliphatic carbocycles. The van der Waals surface area contributed by atoms with Crippen LogP contribution in [0.5, 0.6) is 0 Å². The van der Waals surface area contributed by atoms with E-state index in [-0.39, 0.29) is 16.7 Å². The Balaban J connectivity index is 1.62. The van der Waals surface area contributed by atoms with Crippen LogP contribution < -0.4 is 5.32 Å². The van der Waals surface area contributed by atoms with E-state index in [4.69, 9.17) is 4.52 Å². The van der Waals surface area contributed by atoms with Crippen molar-refractivity contribution in [1.29, 1.82) is 0 Å². The fraction of sp³-hybridized carbons (Fsp3) is 0.526. The molecule has 1 fully saturated rings. The molecule has 5 nitrogen and oxygen atoms in total. The second-order valence-electron chi connectivity index (χ2n) is 7.74. The molecule has 1 aromatic heterocycles. The monoisotopic (exact) mass is 327 g/mol. The number of carbonyl (C=O) groups excluding carboxylic acids is 1. The summed E-state index contributed by atoms with van der Waals surface area (Å²) >= 11 is 0. The van der Waals surface area contributed by atoms with Crippen molar-refractivity contribution in [2.45, 2.75) is 58.4 Å². The van der Waals surface area contributed by atoms with Crippen LogP contribution in [0.1, 0.15) is 57.3 Å². The Morgan fingerprint density at radius 1 is 1.25 bits per heavy atom. The van der Waals surface area contributed by atoms with E-state index >= 15 is 0 Å². The van der Waals surface area contributed by atoms with Crippen LogP contribution in [-0.2, 0) is 23.2 Å². The van der Waals surface area contributed by atoms with Crippen molar-refractivity contribution < 1.29 is 9.32 Å². The molecule has 2 aromatic rings. The molecule has 128 valence electrons. The van der Waals surface area contributed by atoms with E-state index in [1.165, 1.54) is 5.56 Å². The molecule has 3 rings (SSSR count). The normalized spacial score (nSPS) is 16.5. The van der Waals surface area contributed by atoms with Gasteiger partial charge in [0.15, 0.2) is 5.82 Å². The lowest BCUT2D eigenvalue weighted by Gasteiger charge is -2.40. The molecule has 0 spiro atoms. The first-order valence-corrected chi connectivity index (χ1v) is 8.54. The van der Waals surface area contributed by atoms with Crippen LogP contribution in [0.15, 0.2) is 34.9 Å². The Morgan fingerprint density at radius 3 is 2.50 bits per heavy atom. The maximum Gasteiger partial charge on any atom is 0.232 e. The molecule has 1 N–H and O–H groups in total. The fourth-order valence-electron chi connectivity index (χ4n) is 3.05. The van der Waals surface area contributed by atoms with Crippen LogP contribution in [-0.4, -0.2) is 16.0 Å². The van der Waals surface area contributed by atoms with Gasteiger partial charge in [-0.15, -0.1) is 0 Å². The minimum atomic E-state index is -0.280. The molecule has 1 aromatic carbocycles. The zero-order chi connectivity index (χ0) is 17.2. The van der Waals surface area contributed by atoms with Crippen molar-refractivity contribution in [3.63, 3.8) is 0 Å². The van der Waals surface area contributed by atoms with Gasteiger partial charge in [0.05, 0.1) is 12.0 Å². The lowest BCUT2D eigenvalue weighted by molar-refractivity contribution is -0.136. The van der Waals surface area contributed by atoms with E-state index in [9.17, 15) is 4.79 Å². The standard InChI is InChI=1S/C19H25N3O2/c1-18(2,3)17-21-15(22-24-17)13-20-16(23)19(10-7-11-19)12-14-8-5-4-6-9-14/h4-6,8-9H,7,10-13H2,1-3H3,(H,20,23). The molecule has 0 radical (unpaired) electrons. The zero-order valence-electron chi connectivity index (χ0n) is 14.6. The Hall–Kier alpha value is -2.17. The highest BCUT2D eigenvalue weighted by Crippen LogP contribution is 2.44. The van der Waals surface area contributed by atoms with Crippen molar-refractivity contribution in [1.82, 2.24) is 15.5 Å². The second kappa shape index (κ2) is 6.38. The van der Waals surface area contributed by atoms with Crippen molar-refractivity contribution in [2.75, 3.05) is 0 Å². The first-order valence-electron chi connectivity index (χ1n) is 8.54. The number of aromatic nitrogens is 2. The van der Waals surface area contributed by atoms with Crippen LogP contribution in [0.2, 0.25) is 0 Å². The lowest BCUT2D eigenvalue weighted by atomic mass is 9.64. The minimum absolute atomic E-state index is 0.0970. The Labute approximate surface area is 142 Å². The van der Waals surface area contributed by atoms with Crippen molar-refractivity contribution >= 4 is 5.91 Å². The van der Waals surface area contributed by atoms with E-state index in [2.05, 4.69) is 27.6 Å². The van der Waals surface area contributed by atoms with E-state index < -0.39 is 0 Å². The molecular formula is C19H25N3O2. The average Bonchev–Trinajstić information content (AvgIpc) is 2.99. The summed E-state index contributed by atoms with van der Waals surface area (Å²) in [4.78, 5) is 17.1. The minimum Gasteiger partial charge on any atom is -0.348 e. The van der Waals surface area contributed by atoms with Crippen molar-refractivity contribution in [3.8, 4) is 0 Å². The molecule has 0 unspecified atom stereocenters. The van der Waals surface area contributed by atoms with Crippen LogP contribution >= 0.6 is 0 Å². The summed E-state index contributed by atoms with van der Waals surface area (Å²) < 4.78 is 5.27. The first kappa shape index (κ1) is 16.7. The summed E-state index contributed by atoms with van der Waals surface area (Å²) in [6, 6.07) is 10.2. The van der Waals surface area contributed by atoms with E-state index in [1.54, 1.807) is 0 Å². The molecule has 0 atom stereocenters. The Bertz CT molecular complexity index is 697. The van der Waals surface area contributed by atoms with Crippen molar-refractivity contribution in [2.24, 2.45) is 5.41 Å². The predicted molar refractivity (Wildman–Crippen MR) is 91.3 cm³/mol. The van der Waals surface area contributed by atoms with Crippen LogP contribution in [0, 0.1) is 5.41 Å². The van der Waals surface area contributed by atoms with Gasteiger partial charge in [-0.3, -0.25) is 4.79 Å². The van der Waals surface area contributed by atoms with E-state index in [0.717, 1.165) is 25.7 Å². The number of amides is 1. The molecule has 24 heavy (non-hydrogen) atoms. The topological polar surface area (TPSA) is 68.0 Å². The summed E-state index contributed by atoms with van der Waals surface area (Å²) in [5.74, 6) is 1.22. The molecule has 1 aliphatic rings. The Morgan fingerprint density at radius 2 is 1.96 bits per heavy atom. The third kappa shape index (κ3) is 3.50. The maximum atomic E-state index is 12.7. The quantitative estimate of drug-likeness (QED) is 0.914. The maximum absolute atomic E-state index is 12.7. The number of benzene rings is 1. The molecule has 1 saturated carbocycles. The third-order valence-electron chi connectivity index (χ3n) is 4.69.